The smallest absolute Gasteiger partial charge is 0.303 e. The van der Waals surface area contributed by atoms with Gasteiger partial charge in [-0.3, -0.25) is 4.79 Å². The number of phenols is 1. The summed E-state index contributed by atoms with van der Waals surface area (Å²) in [7, 11) is 0. The Bertz CT molecular complexity index is 475. The topological polar surface area (TPSA) is 83.5 Å². The molecular weight excluding hydrogens is 242 g/mol. The highest BCUT2D eigenvalue weighted by molar-refractivity contribution is 5.66. The van der Waals surface area contributed by atoms with E-state index in [4.69, 9.17) is 10.8 Å². The van der Waals surface area contributed by atoms with Crippen LogP contribution in [0.4, 0.5) is 0 Å². The number of benzene rings is 1. The summed E-state index contributed by atoms with van der Waals surface area (Å²) in [6.45, 7) is 7.93. The van der Waals surface area contributed by atoms with Crippen molar-refractivity contribution in [1.29, 1.82) is 0 Å². The van der Waals surface area contributed by atoms with Gasteiger partial charge in [0.2, 0.25) is 0 Å². The number of carboxylic acid groups (broad SMARTS) is 1. The number of rotatable bonds is 4. The molecule has 0 saturated carbocycles. The van der Waals surface area contributed by atoms with Crippen LogP contribution in [0.1, 0.15) is 56.3 Å². The Kier molecular flexibility index (Phi) is 4.58. The molecule has 4 nitrogen and oxygen atoms in total. The van der Waals surface area contributed by atoms with Crippen LogP contribution in [0, 0.1) is 6.92 Å². The Labute approximate surface area is 114 Å². The molecule has 4 heteroatoms. The summed E-state index contributed by atoms with van der Waals surface area (Å²) >= 11 is 0. The lowest BCUT2D eigenvalue weighted by Crippen LogP contribution is -2.17. The second kappa shape index (κ2) is 5.61. The summed E-state index contributed by atoms with van der Waals surface area (Å²) in [6, 6.07) is 3.28. The third kappa shape index (κ3) is 3.96. The third-order valence-electron chi connectivity index (χ3n) is 3.26. The minimum atomic E-state index is -0.845. The number of carbonyl (C=O) groups is 1. The van der Waals surface area contributed by atoms with Crippen molar-refractivity contribution in [2.75, 3.05) is 0 Å². The van der Waals surface area contributed by atoms with Crippen molar-refractivity contribution < 1.29 is 15.0 Å². The predicted molar refractivity (Wildman–Crippen MR) is 75.3 cm³/mol. The largest absolute Gasteiger partial charge is 0.508 e. The number of hydrogen-bond donors (Lipinski definition) is 3. The van der Waals surface area contributed by atoms with Crippen LogP contribution >= 0.6 is 0 Å². The highest BCUT2D eigenvalue weighted by Crippen LogP contribution is 2.35. The maximum absolute atomic E-state index is 10.6. The van der Waals surface area contributed by atoms with E-state index in [1.165, 1.54) is 0 Å². The molecule has 1 unspecified atom stereocenters. The van der Waals surface area contributed by atoms with E-state index in [-0.39, 0.29) is 23.6 Å². The van der Waals surface area contributed by atoms with Crippen molar-refractivity contribution in [2.45, 2.75) is 52.0 Å². The first kappa shape index (κ1) is 15.5. The molecule has 0 heterocycles. The monoisotopic (exact) mass is 265 g/mol. The highest BCUT2D eigenvalue weighted by Gasteiger charge is 2.21. The number of aryl methyl sites for hydroxylation is 1. The highest BCUT2D eigenvalue weighted by atomic mass is 16.4. The molecule has 0 bridgehead atoms. The van der Waals surface area contributed by atoms with Gasteiger partial charge in [0.05, 0.1) is 0 Å². The minimum Gasteiger partial charge on any atom is -0.508 e. The van der Waals surface area contributed by atoms with E-state index in [1.54, 1.807) is 6.07 Å². The van der Waals surface area contributed by atoms with E-state index < -0.39 is 5.97 Å². The van der Waals surface area contributed by atoms with Crippen molar-refractivity contribution >= 4 is 5.97 Å². The molecule has 0 amide bonds. The number of carboxylic acids is 1. The van der Waals surface area contributed by atoms with E-state index >= 15 is 0 Å². The van der Waals surface area contributed by atoms with Crippen LogP contribution in [0.5, 0.6) is 5.75 Å². The molecule has 0 spiro atoms. The summed E-state index contributed by atoms with van der Waals surface area (Å²) in [4.78, 5) is 10.6. The van der Waals surface area contributed by atoms with E-state index in [1.807, 2.05) is 33.8 Å². The Hall–Kier alpha value is -1.55. The zero-order chi connectivity index (χ0) is 14.8. The van der Waals surface area contributed by atoms with E-state index in [0.717, 1.165) is 16.7 Å². The van der Waals surface area contributed by atoms with Crippen molar-refractivity contribution in [3.8, 4) is 5.75 Å². The van der Waals surface area contributed by atoms with Gasteiger partial charge < -0.3 is 15.9 Å². The van der Waals surface area contributed by atoms with Crippen LogP contribution in [0.25, 0.3) is 0 Å². The second-order valence-corrected chi connectivity index (χ2v) is 6.01. The van der Waals surface area contributed by atoms with E-state index in [2.05, 4.69) is 0 Å². The van der Waals surface area contributed by atoms with Gasteiger partial charge in [0, 0.05) is 12.5 Å². The molecule has 4 N–H and O–H groups in total. The summed E-state index contributed by atoms with van der Waals surface area (Å²) in [5, 5.41) is 18.7. The fourth-order valence-corrected chi connectivity index (χ4v) is 2.14. The number of phenolic OH excluding ortho intramolecular Hbond substituents is 1. The quantitative estimate of drug-likeness (QED) is 0.781. The average molecular weight is 265 g/mol. The van der Waals surface area contributed by atoms with Crippen LogP contribution in [0.2, 0.25) is 0 Å². The number of aliphatic carboxylic acids is 1. The molecule has 1 atom stereocenters. The molecule has 0 radical (unpaired) electrons. The third-order valence-corrected chi connectivity index (χ3v) is 3.26. The van der Waals surface area contributed by atoms with Gasteiger partial charge in [0.25, 0.3) is 0 Å². The van der Waals surface area contributed by atoms with Gasteiger partial charge in [-0.15, -0.1) is 0 Å². The first-order valence-corrected chi connectivity index (χ1v) is 6.44. The van der Waals surface area contributed by atoms with Crippen LogP contribution in [-0.2, 0) is 10.2 Å². The van der Waals surface area contributed by atoms with Gasteiger partial charge in [0.1, 0.15) is 5.75 Å². The Morgan fingerprint density at radius 1 is 1.37 bits per heavy atom. The lowest BCUT2D eigenvalue weighted by Gasteiger charge is -2.24. The molecule has 0 saturated heterocycles. The number of aromatic hydroxyl groups is 1. The van der Waals surface area contributed by atoms with Crippen molar-refractivity contribution in [3.63, 3.8) is 0 Å². The van der Waals surface area contributed by atoms with E-state index in [9.17, 15) is 9.90 Å². The van der Waals surface area contributed by atoms with Gasteiger partial charge in [-0.05, 0) is 47.6 Å². The van der Waals surface area contributed by atoms with Gasteiger partial charge in [-0.25, -0.2) is 0 Å². The summed E-state index contributed by atoms with van der Waals surface area (Å²) < 4.78 is 0. The lowest BCUT2D eigenvalue weighted by molar-refractivity contribution is -0.137. The zero-order valence-electron chi connectivity index (χ0n) is 12.0. The van der Waals surface area contributed by atoms with Gasteiger partial charge in [-0.2, -0.15) is 0 Å². The zero-order valence-corrected chi connectivity index (χ0v) is 12.0. The maximum atomic E-state index is 10.6. The number of nitrogens with two attached hydrogens (primary N) is 1. The molecule has 1 aromatic rings. The maximum Gasteiger partial charge on any atom is 0.303 e. The Morgan fingerprint density at radius 2 is 1.95 bits per heavy atom. The molecule has 0 fully saturated rings. The van der Waals surface area contributed by atoms with Crippen molar-refractivity contribution in [1.82, 2.24) is 0 Å². The second-order valence-electron chi connectivity index (χ2n) is 6.01. The number of hydrogen-bond acceptors (Lipinski definition) is 3. The van der Waals surface area contributed by atoms with E-state index in [0.29, 0.717) is 6.42 Å². The molecule has 106 valence electrons. The average Bonchev–Trinajstić information content (AvgIpc) is 2.24. The fraction of sp³-hybridized carbons (Fsp3) is 0.533. The van der Waals surface area contributed by atoms with Crippen LogP contribution in [0.15, 0.2) is 12.1 Å². The summed E-state index contributed by atoms with van der Waals surface area (Å²) in [6.07, 6.45) is 0.441. The van der Waals surface area contributed by atoms with Gasteiger partial charge in [0.15, 0.2) is 0 Å². The van der Waals surface area contributed by atoms with Crippen LogP contribution in [-0.4, -0.2) is 16.2 Å². The molecular formula is C15H23NO3. The molecule has 0 aliphatic carbocycles. The normalized spacial score (nSPS) is 13.3. The lowest BCUT2D eigenvalue weighted by atomic mass is 9.83. The van der Waals surface area contributed by atoms with Crippen molar-refractivity contribution in [2.24, 2.45) is 5.73 Å². The van der Waals surface area contributed by atoms with Gasteiger partial charge in [-0.1, -0.05) is 20.8 Å². The summed E-state index contributed by atoms with van der Waals surface area (Å²) in [5.74, 6) is -0.581. The van der Waals surface area contributed by atoms with Crippen LogP contribution < -0.4 is 5.73 Å². The first-order valence-electron chi connectivity index (χ1n) is 6.44. The molecule has 1 aromatic carbocycles. The minimum absolute atomic E-state index is 0.0480. The SMILES string of the molecule is Cc1cc(O)c(C(C)(C)C)cc1C(N)CCC(=O)O. The Balaban J connectivity index is 3.10. The molecule has 1 rings (SSSR count). The molecule has 19 heavy (non-hydrogen) atoms. The Morgan fingerprint density at radius 3 is 2.42 bits per heavy atom. The summed E-state index contributed by atoms with van der Waals surface area (Å²) in [5.41, 5.74) is 8.51. The first-order chi connectivity index (χ1) is 8.62. The molecule has 0 aromatic heterocycles. The van der Waals surface area contributed by atoms with Gasteiger partial charge >= 0.3 is 5.97 Å². The predicted octanol–water partition coefficient (Wildman–Crippen LogP) is 2.86. The van der Waals surface area contributed by atoms with Crippen molar-refractivity contribution in [3.05, 3.63) is 28.8 Å². The molecule has 0 aliphatic rings. The molecule has 0 aliphatic heterocycles. The van der Waals surface area contributed by atoms with Crippen LogP contribution in [0.3, 0.4) is 0 Å². The standard InChI is InChI=1S/C15H23NO3/c1-9-7-13(17)11(15(2,3)4)8-10(9)12(16)5-6-14(18)19/h7-8,12,17H,5-6,16H2,1-4H3,(H,18,19). The fourth-order valence-electron chi connectivity index (χ4n) is 2.14.